The van der Waals surface area contributed by atoms with Crippen LogP contribution in [0.3, 0.4) is 0 Å². The highest BCUT2D eigenvalue weighted by Crippen LogP contribution is 2.29. The Bertz CT molecular complexity index is 1380. The van der Waals surface area contributed by atoms with Gasteiger partial charge in [0.15, 0.2) is 5.01 Å². The van der Waals surface area contributed by atoms with Crippen LogP contribution in [0.4, 0.5) is 10.5 Å². The fourth-order valence-electron chi connectivity index (χ4n) is 3.75. The maximum Gasteiger partial charge on any atom is 0.322 e. The molecule has 4 heterocycles. The second kappa shape index (κ2) is 9.71. The monoisotopic (exact) mass is 516 g/mol. The molecule has 0 bridgehead atoms. The first-order chi connectivity index (χ1) is 16.5. The lowest BCUT2D eigenvalue weighted by Crippen LogP contribution is -2.49. The Morgan fingerprint density at radius 2 is 2.03 bits per heavy atom. The van der Waals surface area contributed by atoms with Gasteiger partial charge in [-0.3, -0.25) is 9.69 Å². The molecule has 0 spiro atoms. The topological polar surface area (TPSA) is 92.1 Å². The largest absolute Gasteiger partial charge is 0.495 e. The molecule has 1 aromatic carbocycles. The Kier molecular flexibility index (Phi) is 6.50. The molecule has 1 saturated heterocycles. The molecule has 5 rings (SSSR count). The number of nitrogens with zero attached hydrogens (tertiary/aromatic N) is 5. The molecule has 12 heteroatoms. The van der Waals surface area contributed by atoms with E-state index in [0.29, 0.717) is 59.8 Å². The van der Waals surface area contributed by atoms with Crippen molar-refractivity contribution in [1.82, 2.24) is 24.4 Å². The van der Waals surface area contributed by atoms with Gasteiger partial charge >= 0.3 is 6.03 Å². The average Bonchev–Trinajstić information content (AvgIpc) is 3.50. The number of nitrogens with one attached hydrogen (secondary N) is 1. The summed E-state index contributed by atoms with van der Waals surface area (Å²) in [7, 11) is 1.55. The van der Waals surface area contributed by atoms with E-state index in [1.807, 2.05) is 17.5 Å². The zero-order chi connectivity index (χ0) is 23.7. The summed E-state index contributed by atoms with van der Waals surface area (Å²) in [5.74, 6) is 0.550. The molecule has 1 aliphatic rings. The Morgan fingerprint density at radius 3 is 2.76 bits per heavy atom. The summed E-state index contributed by atoms with van der Waals surface area (Å²) in [6, 6.07) is 10.4. The van der Waals surface area contributed by atoms with Gasteiger partial charge in [-0.05, 0) is 29.6 Å². The predicted octanol–water partition coefficient (Wildman–Crippen LogP) is 3.89. The number of anilines is 1. The number of methoxy groups -OCH3 is 1. The summed E-state index contributed by atoms with van der Waals surface area (Å²) in [6.45, 7) is 2.99. The number of urea groups is 1. The smallest absolute Gasteiger partial charge is 0.322 e. The number of piperazine rings is 1. The number of ether oxygens (including phenoxy) is 1. The van der Waals surface area contributed by atoms with E-state index in [1.165, 1.54) is 21.9 Å². The van der Waals surface area contributed by atoms with Crippen LogP contribution in [0.25, 0.3) is 14.8 Å². The third-order valence-electron chi connectivity index (χ3n) is 5.48. The van der Waals surface area contributed by atoms with Crippen LogP contribution in [0.2, 0.25) is 5.02 Å². The summed E-state index contributed by atoms with van der Waals surface area (Å²) in [5.41, 5.74) is 1.05. The molecule has 0 saturated carbocycles. The van der Waals surface area contributed by atoms with Gasteiger partial charge in [0.25, 0.3) is 5.56 Å². The molecule has 3 aromatic heterocycles. The first-order valence-corrected chi connectivity index (χ1v) is 12.6. The molecule has 1 aliphatic heterocycles. The average molecular weight is 517 g/mol. The molecular formula is C22H21ClN6O3S2. The molecule has 0 unspecified atom stereocenters. The van der Waals surface area contributed by atoms with E-state index in [9.17, 15) is 9.59 Å². The summed E-state index contributed by atoms with van der Waals surface area (Å²) in [6.07, 6.45) is 0. The van der Waals surface area contributed by atoms with Crippen molar-refractivity contribution >= 4 is 51.0 Å². The SMILES string of the molecule is COc1ccc(Cl)cc1NC(=O)N1CCN(Cc2cc(=O)n3nc(-c4cccs4)sc3n2)CC1. The van der Waals surface area contributed by atoms with Crippen LogP contribution < -0.4 is 15.6 Å². The van der Waals surface area contributed by atoms with Crippen LogP contribution in [0.5, 0.6) is 5.75 Å². The first kappa shape index (κ1) is 22.8. The fourth-order valence-corrected chi connectivity index (χ4v) is 5.64. The number of amides is 2. The van der Waals surface area contributed by atoms with Crippen molar-refractivity contribution in [3.63, 3.8) is 0 Å². The standard InChI is InChI=1S/C22H21ClN6O3S2/c1-32-17-5-4-14(23)11-16(17)25-21(31)28-8-6-27(7-9-28)13-15-12-19(30)29-22(24-15)34-20(26-29)18-3-2-10-33-18/h2-5,10-12H,6-9,13H2,1H3,(H,25,31). The number of thiophene rings is 1. The maximum atomic E-state index is 12.7. The number of carbonyl (C=O) groups excluding carboxylic acids is 1. The van der Waals surface area contributed by atoms with Gasteiger partial charge in [0.1, 0.15) is 5.75 Å². The van der Waals surface area contributed by atoms with Gasteiger partial charge in [-0.25, -0.2) is 9.78 Å². The maximum absolute atomic E-state index is 12.7. The quantitative estimate of drug-likeness (QED) is 0.432. The lowest BCUT2D eigenvalue weighted by atomic mass is 10.2. The third kappa shape index (κ3) is 4.78. The molecule has 4 aromatic rings. The van der Waals surface area contributed by atoms with Crippen molar-refractivity contribution in [2.75, 3.05) is 38.6 Å². The van der Waals surface area contributed by atoms with Gasteiger partial charge in [0.2, 0.25) is 4.96 Å². The molecule has 176 valence electrons. The number of hydrogen-bond acceptors (Lipinski definition) is 8. The van der Waals surface area contributed by atoms with Gasteiger partial charge in [-0.15, -0.1) is 11.3 Å². The summed E-state index contributed by atoms with van der Waals surface area (Å²) < 4.78 is 6.65. The molecular weight excluding hydrogens is 496 g/mol. The zero-order valence-corrected chi connectivity index (χ0v) is 20.6. The van der Waals surface area contributed by atoms with Crippen LogP contribution in [-0.2, 0) is 6.54 Å². The van der Waals surface area contributed by atoms with Gasteiger partial charge in [-0.2, -0.15) is 9.61 Å². The zero-order valence-electron chi connectivity index (χ0n) is 18.2. The lowest BCUT2D eigenvalue weighted by molar-refractivity contribution is 0.142. The lowest BCUT2D eigenvalue weighted by Gasteiger charge is -2.34. The summed E-state index contributed by atoms with van der Waals surface area (Å²) >= 11 is 9.04. The minimum atomic E-state index is -0.205. The number of rotatable bonds is 5. The van der Waals surface area contributed by atoms with Crippen molar-refractivity contribution in [1.29, 1.82) is 0 Å². The Morgan fingerprint density at radius 1 is 1.21 bits per heavy atom. The van der Waals surface area contributed by atoms with Crippen molar-refractivity contribution < 1.29 is 9.53 Å². The van der Waals surface area contributed by atoms with E-state index in [1.54, 1.807) is 41.5 Å². The minimum Gasteiger partial charge on any atom is -0.495 e. The number of aromatic nitrogens is 3. The summed E-state index contributed by atoms with van der Waals surface area (Å²) in [5, 5.41) is 10.6. The van der Waals surface area contributed by atoms with Crippen LogP contribution in [0.15, 0.2) is 46.6 Å². The number of fused-ring (bicyclic) bond motifs is 1. The minimum absolute atomic E-state index is 0.187. The number of benzene rings is 1. The molecule has 34 heavy (non-hydrogen) atoms. The van der Waals surface area contributed by atoms with Crippen molar-refractivity contribution in [2.24, 2.45) is 0 Å². The first-order valence-electron chi connectivity index (χ1n) is 10.6. The fraction of sp³-hybridized carbons (Fsp3) is 0.273. The third-order valence-corrected chi connectivity index (χ3v) is 7.66. The highest BCUT2D eigenvalue weighted by atomic mass is 35.5. The molecule has 2 amide bonds. The van der Waals surface area contributed by atoms with Crippen LogP contribution >= 0.6 is 34.3 Å². The second-order valence-electron chi connectivity index (χ2n) is 7.70. The van der Waals surface area contributed by atoms with Crippen molar-refractivity contribution in [3.05, 3.63) is 62.8 Å². The molecule has 9 nitrogen and oxygen atoms in total. The van der Waals surface area contributed by atoms with Crippen LogP contribution in [0, 0.1) is 0 Å². The van der Waals surface area contributed by atoms with Crippen molar-refractivity contribution in [2.45, 2.75) is 6.54 Å². The predicted molar refractivity (Wildman–Crippen MR) is 134 cm³/mol. The highest BCUT2D eigenvalue weighted by Gasteiger charge is 2.23. The van der Waals surface area contributed by atoms with E-state index < -0.39 is 0 Å². The molecule has 1 N–H and O–H groups in total. The molecule has 0 aliphatic carbocycles. The van der Waals surface area contributed by atoms with Gasteiger partial charge < -0.3 is 15.0 Å². The number of halogens is 1. The molecule has 0 atom stereocenters. The van der Waals surface area contributed by atoms with Crippen LogP contribution in [-0.4, -0.2) is 63.7 Å². The molecule has 0 radical (unpaired) electrons. The van der Waals surface area contributed by atoms with Gasteiger partial charge in [0.05, 0.1) is 23.4 Å². The van der Waals surface area contributed by atoms with Crippen LogP contribution in [0.1, 0.15) is 5.69 Å². The number of hydrogen-bond donors (Lipinski definition) is 1. The highest BCUT2D eigenvalue weighted by molar-refractivity contribution is 7.23. The van der Waals surface area contributed by atoms with E-state index in [0.717, 1.165) is 9.88 Å². The van der Waals surface area contributed by atoms with E-state index in [2.05, 4.69) is 20.3 Å². The van der Waals surface area contributed by atoms with E-state index in [-0.39, 0.29) is 11.6 Å². The second-order valence-corrected chi connectivity index (χ2v) is 10.0. The normalized spacial score (nSPS) is 14.5. The number of carbonyl (C=O) groups is 1. The Hall–Kier alpha value is -2.99. The van der Waals surface area contributed by atoms with Gasteiger partial charge in [0, 0.05) is 43.8 Å². The summed E-state index contributed by atoms with van der Waals surface area (Å²) in [4.78, 5) is 35.5. The Labute approximate surface area is 208 Å². The van der Waals surface area contributed by atoms with Crippen molar-refractivity contribution in [3.8, 4) is 15.6 Å². The van der Waals surface area contributed by atoms with Gasteiger partial charge in [-0.1, -0.05) is 29.0 Å². The van der Waals surface area contributed by atoms with E-state index in [4.69, 9.17) is 16.3 Å². The van der Waals surface area contributed by atoms with E-state index >= 15 is 0 Å². The molecule has 1 fully saturated rings. The Balaban J connectivity index is 1.22.